The summed E-state index contributed by atoms with van der Waals surface area (Å²) in [5.41, 5.74) is 1.93. The van der Waals surface area contributed by atoms with Gasteiger partial charge in [-0.1, -0.05) is 18.0 Å². The van der Waals surface area contributed by atoms with Gasteiger partial charge in [0.25, 0.3) is 5.91 Å². The molecular weight excluding hydrogens is 476 g/mol. The molecule has 2 aromatic carbocycles. The minimum atomic E-state index is -3.75. The molecular formula is C24H27ClN4O4S. The lowest BCUT2D eigenvalue weighted by Gasteiger charge is -2.26. The van der Waals surface area contributed by atoms with Crippen LogP contribution in [-0.4, -0.2) is 56.9 Å². The van der Waals surface area contributed by atoms with Crippen LogP contribution in [0.2, 0.25) is 5.02 Å². The van der Waals surface area contributed by atoms with Crippen molar-refractivity contribution >= 4 is 44.1 Å². The number of rotatable bonds is 8. The van der Waals surface area contributed by atoms with E-state index in [1.54, 1.807) is 24.4 Å². The van der Waals surface area contributed by atoms with Gasteiger partial charge in [0, 0.05) is 54.0 Å². The van der Waals surface area contributed by atoms with E-state index in [1.165, 1.54) is 23.5 Å². The molecule has 0 radical (unpaired) electrons. The van der Waals surface area contributed by atoms with E-state index < -0.39 is 10.0 Å². The maximum atomic E-state index is 13.2. The highest BCUT2D eigenvalue weighted by Gasteiger charge is 2.29. The Morgan fingerprint density at radius 3 is 2.65 bits per heavy atom. The van der Waals surface area contributed by atoms with E-state index in [1.807, 2.05) is 12.1 Å². The van der Waals surface area contributed by atoms with Gasteiger partial charge in [0.15, 0.2) is 0 Å². The van der Waals surface area contributed by atoms with Gasteiger partial charge in [-0.15, -0.1) is 0 Å². The number of methoxy groups -OCH3 is 1. The molecule has 0 atom stereocenters. The van der Waals surface area contributed by atoms with Crippen molar-refractivity contribution in [3.63, 3.8) is 0 Å². The van der Waals surface area contributed by atoms with Gasteiger partial charge in [0.05, 0.1) is 12.6 Å². The zero-order valence-electron chi connectivity index (χ0n) is 18.9. The van der Waals surface area contributed by atoms with E-state index in [-0.39, 0.29) is 22.1 Å². The van der Waals surface area contributed by atoms with Gasteiger partial charge in [-0.05, 0) is 55.3 Å². The summed E-state index contributed by atoms with van der Waals surface area (Å²) < 4.78 is 33.1. The smallest absolute Gasteiger partial charge is 0.251 e. The molecule has 2 N–H and O–H groups in total. The SMILES string of the molecule is COc1ccc(C(=O)NCCNc2ccnc3cc(Cl)ccc23)cc1S(=O)(=O)N1CCCCC1. The number of carbonyl (C=O) groups is 1. The summed E-state index contributed by atoms with van der Waals surface area (Å²) in [6.07, 6.45) is 4.37. The zero-order chi connectivity index (χ0) is 24.1. The molecule has 1 amide bonds. The first-order valence-corrected chi connectivity index (χ1v) is 13.0. The van der Waals surface area contributed by atoms with Gasteiger partial charge >= 0.3 is 0 Å². The van der Waals surface area contributed by atoms with Crippen molar-refractivity contribution in [2.45, 2.75) is 24.2 Å². The molecule has 1 fully saturated rings. The molecule has 0 bridgehead atoms. The highest BCUT2D eigenvalue weighted by molar-refractivity contribution is 7.89. The molecule has 1 saturated heterocycles. The molecule has 0 unspecified atom stereocenters. The van der Waals surface area contributed by atoms with Crippen LogP contribution in [0.5, 0.6) is 5.75 Å². The number of benzene rings is 2. The number of nitrogens with zero attached hydrogens (tertiary/aromatic N) is 2. The Labute approximate surface area is 204 Å². The first-order chi connectivity index (χ1) is 16.4. The maximum Gasteiger partial charge on any atom is 0.251 e. The molecule has 8 nitrogen and oxygen atoms in total. The van der Waals surface area contributed by atoms with Crippen molar-refractivity contribution in [3.8, 4) is 5.75 Å². The van der Waals surface area contributed by atoms with Crippen molar-refractivity contribution in [1.29, 1.82) is 0 Å². The monoisotopic (exact) mass is 502 g/mol. The predicted octanol–water partition coefficient (Wildman–Crippen LogP) is 3.91. The summed E-state index contributed by atoms with van der Waals surface area (Å²) in [4.78, 5) is 17.1. The number of aromatic nitrogens is 1. The lowest BCUT2D eigenvalue weighted by atomic mass is 10.2. The number of carbonyl (C=O) groups excluding carboxylic acids is 1. The molecule has 180 valence electrons. The second kappa shape index (κ2) is 10.6. The van der Waals surface area contributed by atoms with Crippen molar-refractivity contribution in [2.24, 2.45) is 0 Å². The second-order valence-electron chi connectivity index (χ2n) is 8.03. The number of anilines is 1. The Kier molecular flexibility index (Phi) is 7.55. The van der Waals surface area contributed by atoms with Crippen molar-refractivity contribution in [1.82, 2.24) is 14.6 Å². The largest absolute Gasteiger partial charge is 0.495 e. The van der Waals surface area contributed by atoms with E-state index in [0.717, 1.165) is 35.9 Å². The number of ether oxygens (including phenoxy) is 1. The summed E-state index contributed by atoms with van der Waals surface area (Å²) in [5.74, 6) is -0.126. The number of hydrogen-bond donors (Lipinski definition) is 2. The Morgan fingerprint density at radius 1 is 1.09 bits per heavy atom. The quantitative estimate of drug-likeness (QED) is 0.453. The molecule has 4 rings (SSSR count). The Morgan fingerprint density at radius 2 is 1.88 bits per heavy atom. The third-order valence-electron chi connectivity index (χ3n) is 5.79. The van der Waals surface area contributed by atoms with Crippen LogP contribution in [0.4, 0.5) is 5.69 Å². The van der Waals surface area contributed by atoms with Gasteiger partial charge in [-0.25, -0.2) is 8.42 Å². The first-order valence-electron chi connectivity index (χ1n) is 11.1. The number of piperidine rings is 1. The van der Waals surface area contributed by atoms with Crippen molar-refractivity contribution in [3.05, 3.63) is 59.2 Å². The molecule has 0 saturated carbocycles. The molecule has 1 aromatic heterocycles. The van der Waals surface area contributed by atoms with Gasteiger partial charge in [0.1, 0.15) is 10.6 Å². The average Bonchev–Trinajstić information content (AvgIpc) is 2.86. The number of sulfonamides is 1. The van der Waals surface area contributed by atoms with E-state index in [9.17, 15) is 13.2 Å². The summed E-state index contributed by atoms with van der Waals surface area (Å²) in [7, 11) is -2.32. The number of fused-ring (bicyclic) bond motifs is 1. The van der Waals surface area contributed by atoms with Gasteiger partial charge in [0.2, 0.25) is 10.0 Å². The lowest BCUT2D eigenvalue weighted by molar-refractivity contribution is 0.0955. The molecule has 0 spiro atoms. The number of halogens is 1. The minimum absolute atomic E-state index is 0.0181. The molecule has 2 heterocycles. The van der Waals surface area contributed by atoms with Crippen molar-refractivity contribution in [2.75, 3.05) is 38.6 Å². The van der Waals surface area contributed by atoms with Crippen LogP contribution in [0.1, 0.15) is 29.6 Å². The Hall–Kier alpha value is -2.88. The van der Waals surface area contributed by atoms with Gasteiger partial charge in [-0.3, -0.25) is 9.78 Å². The standard InChI is InChI=1S/C24H27ClN4O4S/c1-33-22-8-5-17(15-23(22)34(31,32)29-13-3-2-4-14-29)24(30)28-12-11-27-20-9-10-26-21-16-18(25)6-7-19(20)21/h5-10,15-16H,2-4,11-14H2,1H3,(H,26,27)(H,28,30). The van der Waals surface area contributed by atoms with Crippen molar-refractivity contribution < 1.29 is 17.9 Å². The third kappa shape index (κ3) is 5.27. The highest BCUT2D eigenvalue weighted by Crippen LogP contribution is 2.29. The number of hydrogen-bond acceptors (Lipinski definition) is 6. The number of amides is 1. The number of nitrogens with one attached hydrogen (secondary N) is 2. The van der Waals surface area contributed by atoms with E-state index >= 15 is 0 Å². The predicted molar refractivity (Wildman–Crippen MR) is 133 cm³/mol. The fourth-order valence-electron chi connectivity index (χ4n) is 4.01. The molecule has 0 aliphatic carbocycles. The second-order valence-corrected chi connectivity index (χ2v) is 10.4. The lowest BCUT2D eigenvalue weighted by Crippen LogP contribution is -2.36. The van der Waals surface area contributed by atoms with Crippen LogP contribution >= 0.6 is 11.6 Å². The summed E-state index contributed by atoms with van der Waals surface area (Å²) in [6.45, 7) is 1.77. The van der Waals surface area contributed by atoms with E-state index in [4.69, 9.17) is 16.3 Å². The average molecular weight is 503 g/mol. The van der Waals surface area contributed by atoms with Gasteiger partial charge in [-0.2, -0.15) is 4.31 Å². The molecule has 1 aliphatic heterocycles. The summed E-state index contributed by atoms with van der Waals surface area (Å²) in [5, 5.41) is 7.67. The Balaban J connectivity index is 1.42. The van der Waals surface area contributed by atoms with Crippen LogP contribution in [-0.2, 0) is 10.0 Å². The fourth-order valence-corrected chi connectivity index (χ4v) is 5.88. The van der Waals surface area contributed by atoms with Crippen LogP contribution in [0.3, 0.4) is 0 Å². The normalized spacial score (nSPS) is 14.6. The molecule has 10 heteroatoms. The van der Waals surface area contributed by atoms with Crippen LogP contribution in [0.25, 0.3) is 10.9 Å². The van der Waals surface area contributed by atoms with E-state index in [0.29, 0.717) is 31.2 Å². The van der Waals surface area contributed by atoms with Crippen LogP contribution in [0, 0.1) is 0 Å². The molecule has 1 aliphatic rings. The topological polar surface area (TPSA) is 101 Å². The first kappa shape index (κ1) is 24.3. The van der Waals surface area contributed by atoms with E-state index in [2.05, 4.69) is 15.6 Å². The van der Waals surface area contributed by atoms with Crippen LogP contribution in [0.15, 0.2) is 53.6 Å². The fraction of sp³-hybridized carbons (Fsp3) is 0.333. The number of pyridine rings is 1. The zero-order valence-corrected chi connectivity index (χ0v) is 20.5. The summed E-state index contributed by atoms with van der Waals surface area (Å²) in [6, 6.07) is 11.8. The molecule has 34 heavy (non-hydrogen) atoms. The molecule has 3 aromatic rings. The maximum absolute atomic E-state index is 13.2. The Bertz CT molecular complexity index is 1290. The summed E-state index contributed by atoms with van der Waals surface area (Å²) >= 11 is 6.04. The highest BCUT2D eigenvalue weighted by atomic mass is 35.5. The third-order valence-corrected chi connectivity index (χ3v) is 7.94. The van der Waals surface area contributed by atoms with Gasteiger partial charge < -0.3 is 15.4 Å². The van der Waals surface area contributed by atoms with Crippen LogP contribution < -0.4 is 15.4 Å². The minimum Gasteiger partial charge on any atom is -0.495 e.